The predicted octanol–water partition coefficient (Wildman–Crippen LogP) is 3.25. The molecule has 0 aromatic heterocycles. The largest absolute Gasteiger partial charge is 0.497 e. The maximum absolute atomic E-state index is 8.13. The van der Waals surface area contributed by atoms with Gasteiger partial charge in [-0.3, -0.25) is 0 Å². The zero-order valence-electron chi connectivity index (χ0n) is 9.10. The third kappa shape index (κ3) is 3.52. The summed E-state index contributed by atoms with van der Waals surface area (Å²) in [7, 11) is 1.66. The van der Waals surface area contributed by atoms with E-state index in [0.717, 1.165) is 18.6 Å². The van der Waals surface area contributed by atoms with Gasteiger partial charge >= 0.3 is 0 Å². The van der Waals surface area contributed by atoms with Gasteiger partial charge in [0.05, 0.1) is 7.11 Å². The van der Waals surface area contributed by atoms with Crippen molar-refractivity contribution in [3.63, 3.8) is 0 Å². The molecule has 4 heteroatoms. The van der Waals surface area contributed by atoms with Crippen molar-refractivity contribution in [3.8, 4) is 5.75 Å². The van der Waals surface area contributed by atoms with E-state index in [1.165, 1.54) is 11.1 Å². The Labute approximate surface area is 89.5 Å². The molecule has 0 amide bonds. The van der Waals surface area contributed by atoms with Crippen molar-refractivity contribution in [2.45, 2.75) is 19.8 Å². The average molecular weight is 205 g/mol. The Bertz CT molecular complexity index is 370. The number of hydrogen-bond donors (Lipinski definition) is 0. The van der Waals surface area contributed by atoms with E-state index in [-0.39, 0.29) is 0 Å². The van der Waals surface area contributed by atoms with Gasteiger partial charge < -0.3 is 4.74 Å². The highest BCUT2D eigenvalue weighted by atomic mass is 16.5. The molecule has 1 aromatic carbocycles. The van der Waals surface area contributed by atoms with Crippen LogP contribution in [0, 0.1) is 6.92 Å². The van der Waals surface area contributed by atoms with Gasteiger partial charge in [0, 0.05) is 11.5 Å². The molecule has 0 radical (unpaired) electrons. The Kier molecular flexibility index (Phi) is 4.51. The molecule has 80 valence electrons. The number of hydrogen-bond acceptors (Lipinski definition) is 2. The number of aryl methyl sites for hydroxylation is 2. The highest BCUT2D eigenvalue weighted by molar-refractivity contribution is 5.34. The zero-order valence-corrected chi connectivity index (χ0v) is 9.10. The Hall–Kier alpha value is -1.67. The number of ether oxygens (including phenoxy) is 1. The molecule has 0 atom stereocenters. The van der Waals surface area contributed by atoms with Crippen LogP contribution in [0.3, 0.4) is 0 Å². The quantitative estimate of drug-likeness (QED) is 0.315. The topological polar surface area (TPSA) is 58.0 Å². The van der Waals surface area contributed by atoms with Crippen molar-refractivity contribution in [2.24, 2.45) is 5.11 Å². The molecule has 4 nitrogen and oxygen atoms in total. The second kappa shape index (κ2) is 5.94. The number of rotatable bonds is 5. The highest BCUT2D eigenvalue weighted by Crippen LogP contribution is 2.17. The van der Waals surface area contributed by atoms with Crippen LogP contribution in [0.2, 0.25) is 0 Å². The van der Waals surface area contributed by atoms with Crippen LogP contribution in [0.4, 0.5) is 0 Å². The number of azide groups is 1. The fourth-order valence-electron chi connectivity index (χ4n) is 1.46. The lowest BCUT2D eigenvalue weighted by Crippen LogP contribution is -1.93. The maximum atomic E-state index is 8.13. The van der Waals surface area contributed by atoms with Gasteiger partial charge in [0.1, 0.15) is 5.75 Å². The number of methoxy groups -OCH3 is 1. The normalized spacial score (nSPS) is 9.47. The van der Waals surface area contributed by atoms with Crippen LogP contribution >= 0.6 is 0 Å². The molecule has 0 aliphatic carbocycles. The number of nitrogens with zero attached hydrogens (tertiary/aromatic N) is 3. The first-order valence-electron chi connectivity index (χ1n) is 4.92. The molecule has 0 N–H and O–H groups in total. The van der Waals surface area contributed by atoms with E-state index in [2.05, 4.69) is 23.0 Å². The Balaban J connectivity index is 2.57. The van der Waals surface area contributed by atoms with Crippen molar-refractivity contribution in [2.75, 3.05) is 13.7 Å². The van der Waals surface area contributed by atoms with Gasteiger partial charge in [-0.25, -0.2) is 0 Å². The van der Waals surface area contributed by atoms with E-state index < -0.39 is 0 Å². The van der Waals surface area contributed by atoms with Crippen LogP contribution in [-0.2, 0) is 6.42 Å². The highest BCUT2D eigenvalue weighted by Gasteiger charge is 1.99. The average Bonchev–Trinajstić information content (AvgIpc) is 2.26. The van der Waals surface area contributed by atoms with Crippen LogP contribution < -0.4 is 4.74 Å². The summed E-state index contributed by atoms with van der Waals surface area (Å²) in [5.41, 5.74) is 10.6. The first-order valence-corrected chi connectivity index (χ1v) is 4.92. The first-order chi connectivity index (χ1) is 7.27. The molecule has 0 aliphatic rings. The summed E-state index contributed by atoms with van der Waals surface area (Å²) in [6.07, 6.45) is 1.83. The van der Waals surface area contributed by atoms with Crippen molar-refractivity contribution in [1.82, 2.24) is 0 Å². The molecule has 0 bridgehead atoms. The molecule has 0 fully saturated rings. The zero-order chi connectivity index (χ0) is 11.1. The summed E-state index contributed by atoms with van der Waals surface area (Å²) in [5.74, 6) is 0.881. The lowest BCUT2D eigenvalue weighted by molar-refractivity contribution is 0.414. The minimum Gasteiger partial charge on any atom is -0.497 e. The maximum Gasteiger partial charge on any atom is 0.119 e. The van der Waals surface area contributed by atoms with Gasteiger partial charge in [-0.05, 0) is 48.6 Å². The summed E-state index contributed by atoms with van der Waals surface area (Å²) in [6.45, 7) is 2.62. The molecular formula is C11H15N3O. The fraction of sp³-hybridized carbons (Fsp3) is 0.455. The molecule has 0 spiro atoms. The van der Waals surface area contributed by atoms with Crippen LogP contribution in [0.15, 0.2) is 23.3 Å². The van der Waals surface area contributed by atoms with E-state index in [1.54, 1.807) is 7.11 Å². The van der Waals surface area contributed by atoms with Crippen molar-refractivity contribution in [1.29, 1.82) is 0 Å². The van der Waals surface area contributed by atoms with E-state index in [4.69, 9.17) is 10.3 Å². The lowest BCUT2D eigenvalue weighted by Gasteiger charge is -2.06. The summed E-state index contributed by atoms with van der Waals surface area (Å²) in [4.78, 5) is 2.72. The van der Waals surface area contributed by atoms with Gasteiger partial charge in [-0.2, -0.15) is 0 Å². The molecule has 0 unspecified atom stereocenters. The summed E-state index contributed by atoms with van der Waals surface area (Å²) < 4.78 is 5.13. The van der Waals surface area contributed by atoms with Gasteiger partial charge in [-0.15, -0.1) is 0 Å². The van der Waals surface area contributed by atoms with Crippen LogP contribution in [0.25, 0.3) is 10.4 Å². The van der Waals surface area contributed by atoms with Crippen molar-refractivity contribution in [3.05, 3.63) is 39.8 Å². The molecular weight excluding hydrogens is 190 g/mol. The SMILES string of the molecule is COc1ccc(CCCN=[N+]=[N-])c(C)c1. The minimum atomic E-state index is 0.558. The third-order valence-corrected chi connectivity index (χ3v) is 2.32. The standard InChI is InChI=1S/C11H15N3O/c1-9-8-11(15-2)6-5-10(9)4-3-7-13-14-12/h5-6,8H,3-4,7H2,1-2H3. The summed E-state index contributed by atoms with van der Waals surface area (Å²) >= 11 is 0. The number of benzene rings is 1. The molecule has 1 rings (SSSR count). The molecule has 0 aliphatic heterocycles. The van der Waals surface area contributed by atoms with Crippen molar-refractivity contribution >= 4 is 0 Å². The van der Waals surface area contributed by atoms with E-state index in [0.29, 0.717) is 6.54 Å². The smallest absolute Gasteiger partial charge is 0.119 e. The van der Waals surface area contributed by atoms with Crippen LogP contribution in [0.1, 0.15) is 17.5 Å². The Morgan fingerprint density at radius 1 is 1.47 bits per heavy atom. The fourth-order valence-corrected chi connectivity index (χ4v) is 1.46. The molecule has 0 saturated carbocycles. The minimum absolute atomic E-state index is 0.558. The van der Waals surface area contributed by atoms with E-state index in [9.17, 15) is 0 Å². The molecule has 15 heavy (non-hydrogen) atoms. The monoisotopic (exact) mass is 205 g/mol. The first kappa shape index (κ1) is 11.4. The van der Waals surface area contributed by atoms with E-state index >= 15 is 0 Å². The van der Waals surface area contributed by atoms with Gasteiger partial charge in [0.25, 0.3) is 0 Å². The third-order valence-electron chi connectivity index (χ3n) is 2.32. The van der Waals surface area contributed by atoms with E-state index in [1.807, 2.05) is 12.1 Å². The molecule has 1 aromatic rings. The summed E-state index contributed by atoms with van der Waals surface area (Å²) in [5, 5.41) is 3.51. The van der Waals surface area contributed by atoms with Gasteiger partial charge in [-0.1, -0.05) is 11.2 Å². The molecule has 0 heterocycles. The van der Waals surface area contributed by atoms with Gasteiger partial charge in [0.15, 0.2) is 0 Å². The summed E-state index contributed by atoms with van der Waals surface area (Å²) in [6, 6.07) is 6.03. The van der Waals surface area contributed by atoms with Crippen molar-refractivity contribution < 1.29 is 4.74 Å². The van der Waals surface area contributed by atoms with Crippen LogP contribution in [0.5, 0.6) is 5.75 Å². The lowest BCUT2D eigenvalue weighted by atomic mass is 10.0. The Morgan fingerprint density at radius 2 is 2.27 bits per heavy atom. The van der Waals surface area contributed by atoms with Gasteiger partial charge in [0.2, 0.25) is 0 Å². The predicted molar refractivity (Wildman–Crippen MR) is 60.1 cm³/mol. The molecule has 0 saturated heterocycles. The van der Waals surface area contributed by atoms with Crippen LogP contribution in [-0.4, -0.2) is 13.7 Å². The second-order valence-electron chi connectivity index (χ2n) is 3.35. The second-order valence-corrected chi connectivity index (χ2v) is 3.35. The Morgan fingerprint density at radius 3 is 2.87 bits per heavy atom.